The Kier molecular flexibility index (Phi) is 5.59. The summed E-state index contributed by atoms with van der Waals surface area (Å²) in [6, 6.07) is 0. The van der Waals surface area contributed by atoms with Gasteiger partial charge in [-0.05, 0) is 6.92 Å². The number of aromatic nitrogens is 3. The Balaban J connectivity index is 2.48. The number of hydrogen-bond donors (Lipinski definition) is 3. The number of hydrogen-bond acceptors (Lipinski definition) is 6. The minimum Gasteiger partial charge on any atom is -0.329 e. The highest BCUT2D eigenvalue weighted by Gasteiger charge is 2.11. The molecule has 0 unspecified atom stereocenters. The smallest absolute Gasteiger partial charge is 0.248 e. The van der Waals surface area contributed by atoms with Gasteiger partial charge in [0.2, 0.25) is 11.8 Å². The van der Waals surface area contributed by atoms with Crippen LogP contribution in [0.25, 0.3) is 0 Å². The number of nitrogens with zero attached hydrogens (tertiary/aromatic N) is 3. The molecule has 9 heteroatoms. The lowest BCUT2D eigenvalue weighted by molar-refractivity contribution is -0.126. The van der Waals surface area contributed by atoms with Crippen LogP contribution in [0, 0.1) is 6.92 Å². The fraction of sp³-hybridized carbons (Fsp3) is 0.556. The molecule has 2 amide bonds. The zero-order chi connectivity index (χ0) is 13.5. The van der Waals surface area contributed by atoms with Crippen LogP contribution in [0.2, 0.25) is 0 Å². The Bertz CT molecular complexity index is 433. The summed E-state index contributed by atoms with van der Waals surface area (Å²) < 4.78 is 1.84. The first-order valence-electron chi connectivity index (χ1n) is 5.32. The first-order chi connectivity index (χ1) is 8.54. The lowest BCUT2D eigenvalue weighted by Gasteiger charge is -2.07. The maximum atomic E-state index is 11.4. The average molecular weight is 272 g/mol. The van der Waals surface area contributed by atoms with E-state index in [0.29, 0.717) is 18.2 Å². The molecule has 18 heavy (non-hydrogen) atoms. The van der Waals surface area contributed by atoms with Crippen LogP contribution in [0.15, 0.2) is 5.16 Å². The second kappa shape index (κ2) is 6.97. The van der Waals surface area contributed by atoms with Crippen LogP contribution in [0.3, 0.4) is 0 Å². The third-order valence-electron chi connectivity index (χ3n) is 1.96. The SMILES string of the molecule is CC(=O)NNC(=O)CSc1nnc(C)n1CCN. The van der Waals surface area contributed by atoms with Gasteiger partial charge in [0, 0.05) is 20.0 Å². The van der Waals surface area contributed by atoms with E-state index in [1.807, 2.05) is 11.5 Å². The predicted octanol–water partition coefficient (Wildman–Crippen LogP) is -1.20. The summed E-state index contributed by atoms with van der Waals surface area (Å²) in [5, 5.41) is 8.51. The van der Waals surface area contributed by atoms with Crippen LogP contribution >= 0.6 is 11.8 Å². The Labute approximate surface area is 109 Å². The maximum Gasteiger partial charge on any atom is 0.248 e. The Hall–Kier alpha value is -1.61. The van der Waals surface area contributed by atoms with Gasteiger partial charge in [-0.3, -0.25) is 20.4 Å². The molecule has 1 heterocycles. The third-order valence-corrected chi connectivity index (χ3v) is 2.93. The van der Waals surface area contributed by atoms with Gasteiger partial charge in [0.1, 0.15) is 5.82 Å². The van der Waals surface area contributed by atoms with Gasteiger partial charge < -0.3 is 10.3 Å². The number of amides is 2. The number of aryl methyl sites for hydroxylation is 1. The second-order valence-corrected chi connectivity index (χ2v) is 4.43. The molecule has 100 valence electrons. The summed E-state index contributed by atoms with van der Waals surface area (Å²) in [6.07, 6.45) is 0. The van der Waals surface area contributed by atoms with Crippen LogP contribution in [-0.4, -0.2) is 38.9 Å². The minimum atomic E-state index is -0.324. The van der Waals surface area contributed by atoms with Crippen LogP contribution in [0.1, 0.15) is 12.7 Å². The van der Waals surface area contributed by atoms with Crippen molar-refractivity contribution in [2.24, 2.45) is 5.73 Å². The molecule has 0 aliphatic rings. The number of nitrogens with two attached hydrogens (primary N) is 1. The Morgan fingerprint density at radius 3 is 2.72 bits per heavy atom. The van der Waals surface area contributed by atoms with Crippen LogP contribution in [-0.2, 0) is 16.1 Å². The van der Waals surface area contributed by atoms with Gasteiger partial charge in [-0.15, -0.1) is 10.2 Å². The van der Waals surface area contributed by atoms with E-state index < -0.39 is 0 Å². The topological polar surface area (TPSA) is 115 Å². The van der Waals surface area contributed by atoms with E-state index in [2.05, 4.69) is 21.0 Å². The zero-order valence-electron chi connectivity index (χ0n) is 10.3. The van der Waals surface area contributed by atoms with Crippen molar-refractivity contribution in [3.63, 3.8) is 0 Å². The van der Waals surface area contributed by atoms with Crippen molar-refractivity contribution < 1.29 is 9.59 Å². The molecule has 0 fully saturated rings. The van der Waals surface area contributed by atoms with Crippen LogP contribution < -0.4 is 16.6 Å². The van der Waals surface area contributed by atoms with Crippen molar-refractivity contribution in [1.29, 1.82) is 0 Å². The number of thioether (sulfide) groups is 1. The number of rotatable bonds is 5. The summed E-state index contributed by atoms with van der Waals surface area (Å²) in [5.41, 5.74) is 9.96. The molecule has 1 rings (SSSR count). The average Bonchev–Trinajstić information content (AvgIpc) is 2.66. The van der Waals surface area contributed by atoms with Crippen molar-refractivity contribution in [1.82, 2.24) is 25.6 Å². The van der Waals surface area contributed by atoms with E-state index in [0.717, 1.165) is 5.82 Å². The van der Waals surface area contributed by atoms with Gasteiger partial charge in [0.15, 0.2) is 5.16 Å². The third kappa shape index (κ3) is 4.34. The van der Waals surface area contributed by atoms with Gasteiger partial charge in [0.25, 0.3) is 0 Å². The van der Waals surface area contributed by atoms with Crippen molar-refractivity contribution in [3.05, 3.63) is 5.82 Å². The molecule has 0 atom stereocenters. The molecular weight excluding hydrogens is 256 g/mol. The predicted molar refractivity (Wildman–Crippen MR) is 66.5 cm³/mol. The first-order valence-corrected chi connectivity index (χ1v) is 6.31. The highest BCUT2D eigenvalue weighted by Crippen LogP contribution is 2.15. The molecule has 8 nitrogen and oxygen atoms in total. The van der Waals surface area contributed by atoms with Crippen LogP contribution in [0.4, 0.5) is 0 Å². The van der Waals surface area contributed by atoms with E-state index in [1.165, 1.54) is 18.7 Å². The minimum absolute atomic E-state index is 0.142. The quantitative estimate of drug-likeness (QED) is 0.458. The molecule has 0 aromatic carbocycles. The lowest BCUT2D eigenvalue weighted by Crippen LogP contribution is -2.41. The molecule has 1 aromatic rings. The van der Waals surface area contributed by atoms with E-state index >= 15 is 0 Å². The van der Waals surface area contributed by atoms with Gasteiger partial charge >= 0.3 is 0 Å². The largest absolute Gasteiger partial charge is 0.329 e. The molecular formula is C9H16N6O2S. The summed E-state index contributed by atoms with van der Waals surface area (Å²) in [6.45, 7) is 4.22. The molecule has 0 bridgehead atoms. The van der Waals surface area contributed by atoms with Crippen molar-refractivity contribution in [2.45, 2.75) is 25.5 Å². The van der Waals surface area contributed by atoms with Crippen molar-refractivity contribution >= 4 is 23.6 Å². The molecule has 0 aliphatic heterocycles. The highest BCUT2D eigenvalue weighted by molar-refractivity contribution is 7.99. The summed E-state index contributed by atoms with van der Waals surface area (Å²) in [5.74, 6) is 0.263. The monoisotopic (exact) mass is 272 g/mol. The zero-order valence-corrected chi connectivity index (χ0v) is 11.1. The molecule has 0 saturated heterocycles. The Morgan fingerprint density at radius 2 is 2.11 bits per heavy atom. The fourth-order valence-corrected chi connectivity index (χ4v) is 1.99. The second-order valence-electron chi connectivity index (χ2n) is 3.49. The van der Waals surface area contributed by atoms with Gasteiger partial charge in [-0.2, -0.15) is 0 Å². The summed E-state index contributed by atoms with van der Waals surface area (Å²) in [7, 11) is 0. The Morgan fingerprint density at radius 1 is 1.39 bits per heavy atom. The number of hydrazine groups is 1. The van der Waals surface area contributed by atoms with Crippen molar-refractivity contribution in [2.75, 3.05) is 12.3 Å². The lowest BCUT2D eigenvalue weighted by atomic mass is 10.6. The summed E-state index contributed by atoms with van der Waals surface area (Å²) >= 11 is 1.24. The fourth-order valence-electron chi connectivity index (χ4n) is 1.18. The van der Waals surface area contributed by atoms with Gasteiger partial charge in [0.05, 0.1) is 5.75 Å². The molecule has 0 saturated carbocycles. The first kappa shape index (κ1) is 14.5. The standard InChI is InChI=1S/C9H16N6O2S/c1-6-11-14-9(15(6)4-3-10)18-5-8(17)13-12-7(2)16/h3-5,10H2,1-2H3,(H,12,16)(H,13,17). The molecule has 0 spiro atoms. The number of carbonyl (C=O) groups excluding carboxylic acids is 2. The van der Waals surface area contributed by atoms with E-state index in [4.69, 9.17) is 5.73 Å². The van der Waals surface area contributed by atoms with Crippen molar-refractivity contribution in [3.8, 4) is 0 Å². The van der Waals surface area contributed by atoms with Crippen LogP contribution in [0.5, 0.6) is 0 Å². The van der Waals surface area contributed by atoms with E-state index in [9.17, 15) is 9.59 Å². The normalized spacial score (nSPS) is 10.2. The van der Waals surface area contributed by atoms with E-state index in [1.54, 1.807) is 0 Å². The van der Waals surface area contributed by atoms with Gasteiger partial charge in [-0.25, -0.2) is 0 Å². The molecule has 0 aliphatic carbocycles. The van der Waals surface area contributed by atoms with Gasteiger partial charge in [-0.1, -0.05) is 11.8 Å². The van der Waals surface area contributed by atoms with E-state index in [-0.39, 0.29) is 17.6 Å². The molecule has 0 radical (unpaired) electrons. The molecule has 1 aromatic heterocycles. The highest BCUT2D eigenvalue weighted by atomic mass is 32.2. The molecule has 4 N–H and O–H groups in total. The number of nitrogens with one attached hydrogen (secondary N) is 2. The summed E-state index contributed by atoms with van der Waals surface area (Å²) in [4.78, 5) is 22.0. The maximum absolute atomic E-state index is 11.4. The number of carbonyl (C=O) groups is 2.